The Morgan fingerprint density at radius 3 is 2.80 bits per heavy atom. The molecule has 0 bridgehead atoms. The number of nitrogens with one attached hydrogen (secondary N) is 2. The minimum Gasteiger partial charge on any atom is -0.331 e. The van der Waals surface area contributed by atoms with E-state index < -0.39 is 0 Å². The molecule has 2 aliphatic rings. The van der Waals surface area contributed by atoms with Gasteiger partial charge in [0.1, 0.15) is 5.82 Å². The number of rotatable bonds is 5. The average Bonchev–Trinajstić information content (AvgIpc) is 3.44. The second-order valence-electron chi connectivity index (χ2n) is 7.05. The molecule has 0 spiro atoms. The van der Waals surface area contributed by atoms with Gasteiger partial charge in [0.05, 0.1) is 12.6 Å². The molecule has 1 saturated carbocycles. The molecule has 1 aliphatic carbocycles. The lowest BCUT2D eigenvalue weighted by molar-refractivity contribution is 0.234. The van der Waals surface area contributed by atoms with Crippen molar-refractivity contribution in [1.29, 1.82) is 0 Å². The highest BCUT2D eigenvalue weighted by Gasteiger charge is 2.33. The van der Waals surface area contributed by atoms with E-state index in [1.54, 1.807) is 0 Å². The number of aryl methyl sites for hydroxylation is 1. The van der Waals surface area contributed by atoms with Crippen molar-refractivity contribution in [2.45, 2.75) is 57.7 Å². The summed E-state index contributed by atoms with van der Waals surface area (Å²) in [4.78, 5) is 12.4. The third-order valence-corrected chi connectivity index (χ3v) is 5.13. The van der Waals surface area contributed by atoms with Crippen LogP contribution >= 0.6 is 0 Å². The number of carbonyl (C=O) groups excluding carboxylic acids is 1. The SMILES string of the molecule is O=C(NCc1nnc2n1CCCCC2)NC(c1ccccc1)C1CC1. The van der Waals surface area contributed by atoms with Crippen molar-refractivity contribution in [2.24, 2.45) is 5.92 Å². The zero-order valence-electron chi connectivity index (χ0n) is 14.4. The van der Waals surface area contributed by atoms with Gasteiger partial charge in [0, 0.05) is 13.0 Å². The van der Waals surface area contributed by atoms with Crippen LogP contribution in [0.4, 0.5) is 4.79 Å². The highest BCUT2D eigenvalue weighted by molar-refractivity contribution is 5.74. The number of benzene rings is 1. The first-order chi connectivity index (χ1) is 12.3. The first-order valence-corrected chi connectivity index (χ1v) is 9.31. The number of aromatic nitrogens is 3. The summed E-state index contributed by atoms with van der Waals surface area (Å²) in [6, 6.07) is 10.2. The van der Waals surface area contributed by atoms with Crippen molar-refractivity contribution >= 4 is 6.03 Å². The van der Waals surface area contributed by atoms with E-state index in [0.29, 0.717) is 12.5 Å². The lowest BCUT2D eigenvalue weighted by Crippen LogP contribution is -2.38. The van der Waals surface area contributed by atoms with Gasteiger partial charge in [0.25, 0.3) is 0 Å². The molecule has 1 atom stereocenters. The van der Waals surface area contributed by atoms with Crippen LogP contribution in [0.1, 0.15) is 55.4 Å². The first-order valence-electron chi connectivity index (χ1n) is 9.31. The molecule has 6 nitrogen and oxygen atoms in total. The van der Waals surface area contributed by atoms with Crippen LogP contribution in [0, 0.1) is 5.92 Å². The summed E-state index contributed by atoms with van der Waals surface area (Å²) in [5.41, 5.74) is 1.18. The summed E-state index contributed by atoms with van der Waals surface area (Å²) >= 11 is 0. The number of amides is 2. The van der Waals surface area contributed by atoms with Crippen molar-refractivity contribution in [3.8, 4) is 0 Å². The predicted octanol–water partition coefficient (Wildman–Crippen LogP) is 2.96. The maximum Gasteiger partial charge on any atom is 0.315 e. The van der Waals surface area contributed by atoms with Gasteiger partial charge in [-0.2, -0.15) is 0 Å². The molecule has 132 valence electrons. The Labute approximate surface area is 148 Å². The largest absolute Gasteiger partial charge is 0.331 e. The van der Waals surface area contributed by atoms with Gasteiger partial charge in [0.15, 0.2) is 5.82 Å². The molecule has 25 heavy (non-hydrogen) atoms. The van der Waals surface area contributed by atoms with Crippen molar-refractivity contribution in [2.75, 3.05) is 0 Å². The highest BCUT2D eigenvalue weighted by Crippen LogP contribution is 2.40. The molecule has 2 N–H and O–H groups in total. The maximum atomic E-state index is 12.4. The van der Waals surface area contributed by atoms with E-state index >= 15 is 0 Å². The van der Waals surface area contributed by atoms with Gasteiger partial charge in [-0.1, -0.05) is 36.8 Å². The Hall–Kier alpha value is -2.37. The van der Waals surface area contributed by atoms with Gasteiger partial charge in [-0.05, 0) is 37.2 Å². The van der Waals surface area contributed by atoms with Crippen LogP contribution in [0.3, 0.4) is 0 Å². The van der Waals surface area contributed by atoms with Gasteiger partial charge in [-0.15, -0.1) is 10.2 Å². The Morgan fingerprint density at radius 2 is 2.00 bits per heavy atom. The van der Waals surface area contributed by atoms with E-state index in [4.69, 9.17) is 0 Å². The van der Waals surface area contributed by atoms with Crippen LogP contribution in [0.2, 0.25) is 0 Å². The quantitative estimate of drug-likeness (QED) is 0.880. The Balaban J connectivity index is 1.37. The minimum absolute atomic E-state index is 0.0942. The molecule has 1 aromatic carbocycles. The number of carbonyl (C=O) groups is 1. The third-order valence-electron chi connectivity index (χ3n) is 5.13. The normalized spacial score (nSPS) is 18.1. The third kappa shape index (κ3) is 3.83. The molecule has 2 amide bonds. The molecule has 2 heterocycles. The fraction of sp³-hybridized carbons (Fsp3) is 0.526. The van der Waals surface area contributed by atoms with Crippen molar-refractivity contribution in [3.05, 3.63) is 47.5 Å². The molecule has 1 unspecified atom stereocenters. The number of hydrogen-bond donors (Lipinski definition) is 2. The van der Waals surface area contributed by atoms with Gasteiger partial charge in [-0.3, -0.25) is 0 Å². The Morgan fingerprint density at radius 1 is 1.16 bits per heavy atom. The maximum absolute atomic E-state index is 12.4. The predicted molar refractivity (Wildman–Crippen MR) is 94.9 cm³/mol. The van der Waals surface area contributed by atoms with Crippen LogP contribution in [-0.4, -0.2) is 20.8 Å². The Bertz CT molecular complexity index is 723. The summed E-state index contributed by atoms with van der Waals surface area (Å²) in [6.07, 6.45) is 6.90. The number of fused-ring (bicyclic) bond motifs is 1. The zero-order valence-corrected chi connectivity index (χ0v) is 14.4. The number of hydrogen-bond acceptors (Lipinski definition) is 3. The van der Waals surface area contributed by atoms with E-state index in [1.807, 2.05) is 18.2 Å². The van der Waals surface area contributed by atoms with Crippen molar-refractivity contribution < 1.29 is 4.79 Å². The van der Waals surface area contributed by atoms with E-state index in [2.05, 4.69) is 37.5 Å². The van der Waals surface area contributed by atoms with Gasteiger partial charge in [0.2, 0.25) is 0 Å². The molecular weight excluding hydrogens is 314 g/mol. The van der Waals surface area contributed by atoms with Crippen LogP contribution in [0.15, 0.2) is 30.3 Å². The van der Waals surface area contributed by atoms with E-state index in [0.717, 1.165) is 31.0 Å². The lowest BCUT2D eigenvalue weighted by Gasteiger charge is -2.19. The molecule has 0 saturated heterocycles. The van der Waals surface area contributed by atoms with Gasteiger partial charge in [-0.25, -0.2) is 4.79 Å². The first kappa shape index (κ1) is 16.1. The molecule has 6 heteroatoms. The summed E-state index contributed by atoms with van der Waals surface area (Å²) in [6.45, 7) is 1.38. The topological polar surface area (TPSA) is 71.8 Å². The van der Waals surface area contributed by atoms with Crippen LogP contribution in [-0.2, 0) is 19.5 Å². The molecule has 0 radical (unpaired) electrons. The van der Waals surface area contributed by atoms with Crippen LogP contribution in [0.5, 0.6) is 0 Å². The van der Waals surface area contributed by atoms with E-state index in [1.165, 1.54) is 31.2 Å². The van der Waals surface area contributed by atoms with Crippen LogP contribution < -0.4 is 10.6 Å². The smallest absolute Gasteiger partial charge is 0.315 e. The molecule has 1 fully saturated rings. The van der Waals surface area contributed by atoms with E-state index in [9.17, 15) is 4.79 Å². The number of nitrogens with zero attached hydrogens (tertiary/aromatic N) is 3. The summed E-state index contributed by atoms with van der Waals surface area (Å²) in [5.74, 6) is 2.46. The summed E-state index contributed by atoms with van der Waals surface area (Å²) in [5, 5.41) is 14.7. The zero-order chi connectivity index (χ0) is 17.1. The van der Waals surface area contributed by atoms with Crippen molar-refractivity contribution in [1.82, 2.24) is 25.4 Å². The minimum atomic E-state index is -0.133. The fourth-order valence-corrected chi connectivity index (χ4v) is 3.59. The molecule has 4 rings (SSSR count). The standard InChI is InChI=1S/C19H25N5O/c25-19(21-18(15-10-11-15)14-7-3-1-4-8-14)20-13-17-23-22-16-9-5-2-6-12-24(16)17/h1,3-4,7-8,15,18H,2,5-6,9-13H2,(H2,20,21,25). The molecule has 1 aromatic heterocycles. The fourth-order valence-electron chi connectivity index (χ4n) is 3.59. The molecular formula is C19H25N5O. The second-order valence-corrected chi connectivity index (χ2v) is 7.05. The van der Waals surface area contributed by atoms with Gasteiger partial charge >= 0.3 is 6.03 Å². The van der Waals surface area contributed by atoms with Crippen molar-refractivity contribution in [3.63, 3.8) is 0 Å². The molecule has 2 aromatic rings. The average molecular weight is 339 g/mol. The highest BCUT2D eigenvalue weighted by atomic mass is 16.2. The monoisotopic (exact) mass is 339 g/mol. The van der Waals surface area contributed by atoms with Crippen LogP contribution in [0.25, 0.3) is 0 Å². The Kier molecular flexibility index (Phi) is 4.68. The number of urea groups is 1. The summed E-state index contributed by atoms with van der Waals surface area (Å²) < 4.78 is 2.17. The van der Waals surface area contributed by atoms with Gasteiger partial charge < -0.3 is 15.2 Å². The van der Waals surface area contributed by atoms with E-state index in [-0.39, 0.29) is 12.1 Å². The lowest BCUT2D eigenvalue weighted by atomic mass is 10.0. The second kappa shape index (κ2) is 7.25. The summed E-state index contributed by atoms with van der Waals surface area (Å²) in [7, 11) is 0. The molecule has 1 aliphatic heterocycles.